The van der Waals surface area contributed by atoms with E-state index in [0.717, 1.165) is 24.6 Å². The monoisotopic (exact) mass is 400 g/mol. The molecule has 10 heteroatoms. The van der Waals surface area contributed by atoms with Crippen molar-refractivity contribution in [2.75, 3.05) is 10.6 Å². The highest BCUT2D eigenvalue weighted by molar-refractivity contribution is 5.64. The first-order valence-electron chi connectivity index (χ1n) is 9.10. The molecule has 3 N–H and O–H groups in total. The summed E-state index contributed by atoms with van der Waals surface area (Å²) in [5.74, 6) is -0.714. The number of hydrogen-bond acceptors (Lipinski definition) is 6. The van der Waals surface area contributed by atoms with Gasteiger partial charge in [0.15, 0.2) is 17.5 Å². The number of rotatable bonds is 7. The average Bonchev–Trinajstić information content (AvgIpc) is 3.43. The molecule has 0 saturated heterocycles. The Labute approximate surface area is 164 Å². The van der Waals surface area contributed by atoms with Crippen LogP contribution in [0.5, 0.6) is 0 Å². The zero-order chi connectivity index (χ0) is 20.5. The van der Waals surface area contributed by atoms with Crippen molar-refractivity contribution < 1.29 is 13.7 Å². The average molecular weight is 400 g/mol. The molecule has 1 atom stereocenters. The van der Waals surface area contributed by atoms with Crippen LogP contribution in [0.4, 0.5) is 31.9 Å². The summed E-state index contributed by atoms with van der Waals surface area (Å²) in [6.07, 6.45) is 2.17. The van der Waals surface area contributed by atoms with Gasteiger partial charge in [-0.1, -0.05) is 12.1 Å². The molecule has 0 aliphatic heterocycles. The third-order valence-electron chi connectivity index (χ3n) is 4.74. The minimum absolute atomic E-state index is 0.103. The molecular formula is C19H18F2N6O2. The summed E-state index contributed by atoms with van der Waals surface area (Å²) < 4.78 is 27.5. The van der Waals surface area contributed by atoms with E-state index in [1.54, 1.807) is 25.1 Å². The number of nitrogens with zero attached hydrogens (tertiary/aromatic N) is 3. The van der Waals surface area contributed by atoms with Crippen LogP contribution in [-0.2, 0) is 0 Å². The van der Waals surface area contributed by atoms with Gasteiger partial charge in [-0.3, -0.25) is 15.2 Å². The number of aromatic amines is 1. The number of halogens is 2. The van der Waals surface area contributed by atoms with Crippen LogP contribution >= 0.6 is 0 Å². The van der Waals surface area contributed by atoms with Gasteiger partial charge in [0.25, 0.3) is 0 Å². The molecule has 2 aromatic heterocycles. The maximum atomic E-state index is 14.4. The summed E-state index contributed by atoms with van der Waals surface area (Å²) in [6, 6.07) is 7.86. The van der Waals surface area contributed by atoms with E-state index in [9.17, 15) is 18.9 Å². The molecule has 3 aromatic rings. The molecule has 150 valence electrons. The summed E-state index contributed by atoms with van der Waals surface area (Å²) >= 11 is 0. The topological polar surface area (TPSA) is 109 Å². The standard InChI is InChI=1S/C19H18F2N6O2/c1-10(11-4-6-13(20)7-5-11)22-19-16(27(28)29)8-14(21)18(24-19)23-17-9-15(25-26-17)12-2-3-12/h4-10,12H,2-3H2,1H3,(H3,22,23,24,25,26). The fourth-order valence-corrected chi connectivity index (χ4v) is 2.98. The SMILES string of the molecule is CC(Nc1nc(Nc2cc(C3CC3)[nH]n2)c(F)cc1[N+](=O)[O-])c1ccc(F)cc1. The molecule has 1 unspecified atom stereocenters. The number of nitro groups is 1. The zero-order valence-electron chi connectivity index (χ0n) is 15.4. The molecule has 1 saturated carbocycles. The number of nitrogens with one attached hydrogen (secondary N) is 3. The van der Waals surface area contributed by atoms with Crippen LogP contribution in [0, 0.1) is 21.7 Å². The van der Waals surface area contributed by atoms with Gasteiger partial charge >= 0.3 is 5.69 Å². The molecule has 2 heterocycles. The first kappa shape index (κ1) is 18.8. The Hall–Kier alpha value is -3.56. The van der Waals surface area contributed by atoms with Crippen molar-refractivity contribution >= 4 is 23.1 Å². The van der Waals surface area contributed by atoms with Gasteiger partial charge in [0.05, 0.1) is 17.0 Å². The first-order chi connectivity index (χ1) is 13.9. The van der Waals surface area contributed by atoms with Crippen molar-refractivity contribution in [1.29, 1.82) is 0 Å². The minimum Gasteiger partial charge on any atom is -0.358 e. The third-order valence-corrected chi connectivity index (χ3v) is 4.74. The number of hydrogen-bond donors (Lipinski definition) is 3. The molecular weight excluding hydrogens is 382 g/mol. The lowest BCUT2D eigenvalue weighted by Crippen LogP contribution is -2.11. The molecule has 1 aromatic carbocycles. The second-order valence-electron chi connectivity index (χ2n) is 6.97. The highest BCUT2D eigenvalue weighted by atomic mass is 19.1. The number of aromatic nitrogens is 3. The Balaban J connectivity index is 1.61. The Morgan fingerprint density at radius 1 is 1.21 bits per heavy atom. The van der Waals surface area contributed by atoms with Gasteiger partial charge in [-0.05, 0) is 37.5 Å². The van der Waals surface area contributed by atoms with E-state index in [1.807, 2.05) is 0 Å². The van der Waals surface area contributed by atoms with E-state index in [2.05, 4.69) is 25.8 Å². The van der Waals surface area contributed by atoms with Crippen molar-refractivity contribution in [3.05, 3.63) is 69.4 Å². The van der Waals surface area contributed by atoms with E-state index in [4.69, 9.17) is 0 Å². The summed E-state index contributed by atoms with van der Waals surface area (Å²) in [5.41, 5.74) is 1.16. The molecule has 29 heavy (non-hydrogen) atoms. The minimum atomic E-state index is -0.868. The molecule has 0 bridgehead atoms. The van der Waals surface area contributed by atoms with Crippen molar-refractivity contribution in [2.45, 2.75) is 31.7 Å². The predicted octanol–water partition coefficient (Wildman–Crippen LogP) is 4.79. The Morgan fingerprint density at radius 2 is 1.93 bits per heavy atom. The number of benzene rings is 1. The van der Waals surface area contributed by atoms with Crippen LogP contribution in [0.25, 0.3) is 0 Å². The van der Waals surface area contributed by atoms with E-state index in [0.29, 0.717) is 17.3 Å². The van der Waals surface area contributed by atoms with Gasteiger partial charge in [-0.2, -0.15) is 5.10 Å². The van der Waals surface area contributed by atoms with Gasteiger partial charge in [0.2, 0.25) is 5.82 Å². The predicted molar refractivity (Wildman–Crippen MR) is 103 cm³/mol. The molecule has 1 aliphatic rings. The summed E-state index contributed by atoms with van der Waals surface area (Å²) in [6.45, 7) is 1.74. The Kier molecular flexibility index (Phi) is 4.83. The van der Waals surface area contributed by atoms with Gasteiger partial charge in [-0.15, -0.1) is 0 Å². The van der Waals surface area contributed by atoms with Gasteiger partial charge in [0.1, 0.15) is 5.82 Å². The fraction of sp³-hybridized carbons (Fsp3) is 0.263. The second kappa shape index (κ2) is 7.46. The lowest BCUT2D eigenvalue weighted by Gasteiger charge is -2.16. The van der Waals surface area contributed by atoms with Crippen LogP contribution in [0.2, 0.25) is 0 Å². The van der Waals surface area contributed by atoms with Crippen molar-refractivity contribution in [2.24, 2.45) is 0 Å². The Bertz CT molecular complexity index is 1050. The largest absolute Gasteiger partial charge is 0.358 e. The van der Waals surface area contributed by atoms with Crippen LogP contribution in [-0.4, -0.2) is 20.1 Å². The maximum absolute atomic E-state index is 14.4. The van der Waals surface area contributed by atoms with E-state index >= 15 is 0 Å². The molecule has 8 nitrogen and oxygen atoms in total. The van der Waals surface area contributed by atoms with Gasteiger partial charge < -0.3 is 10.6 Å². The normalized spacial score (nSPS) is 14.4. The molecule has 0 spiro atoms. The lowest BCUT2D eigenvalue weighted by molar-refractivity contribution is -0.384. The van der Waals surface area contributed by atoms with Gasteiger partial charge in [0, 0.05) is 17.7 Å². The van der Waals surface area contributed by atoms with Crippen LogP contribution in [0.3, 0.4) is 0 Å². The van der Waals surface area contributed by atoms with Gasteiger partial charge in [-0.25, -0.2) is 13.8 Å². The quantitative estimate of drug-likeness (QED) is 0.389. The van der Waals surface area contributed by atoms with Crippen LogP contribution < -0.4 is 10.6 Å². The fourth-order valence-electron chi connectivity index (χ4n) is 2.98. The number of anilines is 3. The third kappa shape index (κ3) is 4.15. The maximum Gasteiger partial charge on any atom is 0.314 e. The van der Waals surface area contributed by atoms with Crippen LogP contribution in [0.1, 0.15) is 43.0 Å². The van der Waals surface area contributed by atoms with Crippen LogP contribution in [0.15, 0.2) is 36.4 Å². The summed E-state index contributed by atoms with van der Waals surface area (Å²) in [5, 5.41) is 24.0. The number of H-pyrrole nitrogens is 1. The molecule has 4 rings (SSSR count). The van der Waals surface area contributed by atoms with Crippen molar-refractivity contribution in [3.63, 3.8) is 0 Å². The van der Waals surface area contributed by atoms with Crippen molar-refractivity contribution in [1.82, 2.24) is 15.2 Å². The molecule has 1 aliphatic carbocycles. The highest BCUT2D eigenvalue weighted by Gasteiger charge is 2.26. The zero-order valence-corrected chi connectivity index (χ0v) is 15.4. The Morgan fingerprint density at radius 3 is 2.59 bits per heavy atom. The molecule has 0 amide bonds. The van der Waals surface area contributed by atoms with E-state index < -0.39 is 22.5 Å². The summed E-state index contributed by atoms with van der Waals surface area (Å²) in [7, 11) is 0. The number of pyridine rings is 1. The second-order valence-corrected chi connectivity index (χ2v) is 6.97. The summed E-state index contributed by atoms with van der Waals surface area (Å²) in [4.78, 5) is 14.7. The van der Waals surface area contributed by atoms with E-state index in [-0.39, 0.29) is 17.5 Å². The first-order valence-corrected chi connectivity index (χ1v) is 9.10. The van der Waals surface area contributed by atoms with E-state index in [1.165, 1.54) is 12.1 Å². The molecule has 0 radical (unpaired) electrons. The van der Waals surface area contributed by atoms with Crippen molar-refractivity contribution in [3.8, 4) is 0 Å². The molecule has 1 fully saturated rings. The smallest absolute Gasteiger partial charge is 0.314 e. The lowest BCUT2D eigenvalue weighted by atomic mass is 10.1. The highest BCUT2D eigenvalue weighted by Crippen LogP contribution is 2.40.